The third-order valence-electron chi connectivity index (χ3n) is 2.48. The molecule has 1 atom stereocenters. The third kappa shape index (κ3) is 1.82. The van der Waals surface area contributed by atoms with Gasteiger partial charge in [-0.2, -0.15) is 0 Å². The van der Waals surface area contributed by atoms with Gasteiger partial charge in [-0.3, -0.25) is 4.79 Å². The highest BCUT2D eigenvalue weighted by molar-refractivity contribution is 9.10. The van der Waals surface area contributed by atoms with Crippen LogP contribution in [0.4, 0.5) is 0 Å². The van der Waals surface area contributed by atoms with Gasteiger partial charge in [0.15, 0.2) is 5.76 Å². The van der Waals surface area contributed by atoms with Crippen molar-refractivity contribution < 1.29 is 9.32 Å². The fourth-order valence-electron chi connectivity index (χ4n) is 1.65. The molecule has 0 bridgehead atoms. The zero-order valence-corrected chi connectivity index (χ0v) is 9.45. The van der Waals surface area contributed by atoms with Crippen molar-refractivity contribution in [2.75, 3.05) is 0 Å². The molecule has 1 amide bonds. The molecule has 1 aliphatic rings. The van der Waals surface area contributed by atoms with Crippen molar-refractivity contribution >= 4 is 21.8 Å². The molecular formula is C9H11BrN2O2. The van der Waals surface area contributed by atoms with Gasteiger partial charge in [0.1, 0.15) is 4.60 Å². The van der Waals surface area contributed by atoms with Gasteiger partial charge < -0.3 is 9.42 Å². The molecule has 2 heterocycles. The second-order valence-electron chi connectivity index (χ2n) is 3.53. The van der Waals surface area contributed by atoms with E-state index in [1.54, 1.807) is 6.07 Å². The van der Waals surface area contributed by atoms with E-state index in [9.17, 15) is 4.79 Å². The molecule has 0 spiro atoms. The lowest BCUT2D eigenvalue weighted by molar-refractivity contribution is -0.129. The van der Waals surface area contributed by atoms with Crippen LogP contribution in [0, 0.1) is 0 Å². The Kier molecular flexibility index (Phi) is 2.58. The van der Waals surface area contributed by atoms with Gasteiger partial charge in [0, 0.05) is 18.5 Å². The zero-order chi connectivity index (χ0) is 10.1. The van der Waals surface area contributed by atoms with Crippen molar-refractivity contribution in [2.45, 2.75) is 32.4 Å². The van der Waals surface area contributed by atoms with Crippen molar-refractivity contribution in [1.29, 1.82) is 0 Å². The van der Waals surface area contributed by atoms with Gasteiger partial charge in [-0.25, -0.2) is 0 Å². The standard InChI is InChI=1S/C9H11BrN2O2/c1-6-2-3-9(13)12(6)5-7-4-8(10)11-14-7/h4,6H,2-3,5H2,1H3. The first-order chi connectivity index (χ1) is 6.66. The van der Waals surface area contributed by atoms with E-state index in [1.807, 2.05) is 4.90 Å². The summed E-state index contributed by atoms with van der Waals surface area (Å²) in [7, 11) is 0. The van der Waals surface area contributed by atoms with Gasteiger partial charge in [0.05, 0.1) is 6.54 Å². The van der Waals surface area contributed by atoms with Crippen LogP contribution >= 0.6 is 15.9 Å². The number of likely N-dealkylation sites (tertiary alicyclic amines) is 1. The predicted octanol–water partition coefficient (Wildman–Crippen LogP) is 1.95. The molecule has 1 saturated heterocycles. The van der Waals surface area contributed by atoms with E-state index in [-0.39, 0.29) is 5.91 Å². The monoisotopic (exact) mass is 258 g/mol. The van der Waals surface area contributed by atoms with Crippen LogP contribution < -0.4 is 0 Å². The Morgan fingerprint density at radius 3 is 3.07 bits per heavy atom. The molecule has 1 fully saturated rings. The number of hydrogen-bond acceptors (Lipinski definition) is 3. The Hall–Kier alpha value is -0.840. The topological polar surface area (TPSA) is 46.3 Å². The Morgan fingerprint density at radius 2 is 2.57 bits per heavy atom. The van der Waals surface area contributed by atoms with Crippen LogP contribution in [0.25, 0.3) is 0 Å². The molecule has 76 valence electrons. The second kappa shape index (κ2) is 3.73. The minimum atomic E-state index is 0.199. The number of rotatable bonds is 2. The predicted molar refractivity (Wildman–Crippen MR) is 53.4 cm³/mol. The summed E-state index contributed by atoms with van der Waals surface area (Å²) in [6, 6.07) is 2.10. The number of carbonyl (C=O) groups is 1. The first-order valence-corrected chi connectivity index (χ1v) is 5.36. The average Bonchev–Trinajstić information content (AvgIpc) is 2.67. The largest absolute Gasteiger partial charge is 0.358 e. The Labute approximate surface area is 90.4 Å². The maximum absolute atomic E-state index is 11.4. The Morgan fingerprint density at radius 1 is 1.79 bits per heavy atom. The molecule has 0 saturated carbocycles. The summed E-state index contributed by atoms with van der Waals surface area (Å²) in [4.78, 5) is 13.3. The summed E-state index contributed by atoms with van der Waals surface area (Å²) in [5.41, 5.74) is 0. The number of hydrogen-bond donors (Lipinski definition) is 0. The normalized spacial score (nSPS) is 22.0. The molecule has 0 N–H and O–H groups in total. The second-order valence-corrected chi connectivity index (χ2v) is 4.34. The summed E-state index contributed by atoms with van der Waals surface area (Å²) in [6.45, 7) is 2.58. The molecule has 2 rings (SSSR count). The van der Waals surface area contributed by atoms with Crippen molar-refractivity contribution in [3.8, 4) is 0 Å². The molecule has 0 aromatic carbocycles. The minimum Gasteiger partial charge on any atom is -0.358 e. The number of aromatic nitrogens is 1. The fraction of sp³-hybridized carbons (Fsp3) is 0.556. The van der Waals surface area contributed by atoms with E-state index in [4.69, 9.17) is 4.52 Å². The van der Waals surface area contributed by atoms with Crippen LogP contribution in [0.5, 0.6) is 0 Å². The smallest absolute Gasteiger partial charge is 0.223 e. The van der Waals surface area contributed by atoms with Crippen molar-refractivity contribution in [3.05, 3.63) is 16.4 Å². The van der Waals surface area contributed by atoms with Crippen LogP contribution in [0.3, 0.4) is 0 Å². The quantitative estimate of drug-likeness (QED) is 0.815. The molecule has 1 aromatic rings. The van der Waals surface area contributed by atoms with Crippen LogP contribution in [-0.4, -0.2) is 22.0 Å². The highest BCUT2D eigenvalue weighted by atomic mass is 79.9. The fourth-order valence-corrected chi connectivity index (χ4v) is 1.98. The summed E-state index contributed by atoms with van der Waals surface area (Å²) in [5.74, 6) is 0.920. The van der Waals surface area contributed by atoms with Crippen LogP contribution in [-0.2, 0) is 11.3 Å². The Bertz CT molecular complexity index is 350. The van der Waals surface area contributed by atoms with Crippen LogP contribution in [0.15, 0.2) is 15.2 Å². The maximum atomic E-state index is 11.4. The van der Waals surface area contributed by atoms with E-state index in [2.05, 4.69) is 28.0 Å². The highest BCUT2D eigenvalue weighted by Crippen LogP contribution is 2.21. The van der Waals surface area contributed by atoms with Gasteiger partial charge in [-0.05, 0) is 29.3 Å². The highest BCUT2D eigenvalue weighted by Gasteiger charge is 2.28. The molecule has 4 nitrogen and oxygen atoms in total. The van der Waals surface area contributed by atoms with Gasteiger partial charge in [0.2, 0.25) is 5.91 Å². The maximum Gasteiger partial charge on any atom is 0.223 e. The molecule has 1 unspecified atom stereocenters. The first kappa shape index (κ1) is 9.71. The van der Waals surface area contributed by atoms with Crippen LogP contribution in [0.1, 0.15) is 25.5 Å². The lowest BCUT2D eigenvalue weighted by atomic mass is 10.2. The molecule has 0 aliphatic carbocycles. The lowest BCUT2D eigenvalue weighted by Gasteiger charge is -2.19. The van der Waals surface area contributed by atoms with Gasteiger partial charge in [-0.15, -0.1) is 0 Å². The van der Waals surface area contributed by atoms with Gasteiger partial charge in [-0.1, -0.05) is 5.16 Å². The lowest BCUT2D eigenvalue weighted by Crippen LogP contribution is -2.30. The molecule has 1 aliphatic heterocycles. The number of halogens is 1. The van der Waals surface area contributed by atoms with Crippen molar-refractivity contribution in [1.82, 2.24) is 10.1 Å². The average molecular weight is 259 g/mol. The van der Waals surface area contributed by atoms with E-state index in [0.717, 1.165) is 12.2 Å². The summed E-state index contributed by atoms with van der Waals surface area (Å²) >= 11 is 3.20. The molecule has 5 heteroatoms. The zero-order valence-electron chi connectivity index (χ0n) is 7.86. The van der Waals surface area contributed by atoms with Crippen LogP contribution in [0.2, 0.25) is 0 Å². The van der Waals surface area contributed by atoms with E-state index in [0.29, 0.717) is 23.6 Å². The van der Waals surface area contributed by atoms with E-state index in [1.165, 1.54) is 0 Å². The van der Waals surface area contributed by atoms with Crippen molar-refractivity contribution in [2.24, 2.45) is 0 Å². The number of amides is 1. The summed E-state index contributed by atoms with van der Waals surface area (Å²) in [5, 5.41) is 3.71. The van der Waals surface area contributed by atoms with Gasteiger partial charge in [0.25, 0.3) is 0 Å². The number of nitrogens with zero attached hydrogens (tertiary/aromatic N) is 2. The summed E-state index contributed by atoms with van der Waals surface area (Å²) < 4.78 is 5.71. The Balaban J connectivity index is 2.06. The molecule has 14 heavy (non-hydrogen) atoms. The molecule has 1 aromatic heterocycles. The SMILES string of the molecule is CC1CCC(=O)N1Cc1cc(Br)no1. The molecular weight excluding hydrogens is 248 g/mol. The molecule has 0 radical (unpaired) electrons. The summed E-state index contributed by atoms with van der Waals surface area (Å²) in [6.07, 6.45) is 1.59. The van der Waals surface area contributed by atoms with E-state index < -0.39 is 0 Å². The van der Waals surface area contributed by atoms with Crippen molar-refractivity contribution in [3.63, 3.8) is 0 Å². The first-order valence-electron chi connectivity index (χ1n) is 4.57. The third-order valence-corrected chi connectivity index (χ3v) is 2.86. The number of carbonyl (C=O) groups excluding carboxylic acids is 1. The van der Waals surface area contributed by atoms with E-state index >= 15 is 0 Å². The van der Waals surface area contributed by atoms with Gasteiger partial charge >= 0.3 is 0 Å². The minimum absolute atomic E-state index is 0.199.